The molecule has 0 unspecified atom stereocenters. The number of fused-ring (bicyclic) bond motifs is 1. The van der Waals surface area contributed by atoms with Gasteiger partial charge in [-0.25, -0.2) is 8.42 Å². The minimum atomic E-state index is -3.93. The zero-order valence-corrected chi connectivity index (χ0v) is 20.0. The molecule has 166 valence electrons. The largest absolute Gasteiger partial charge is 0.486 e. The summed E-state index contributed by atoms with van der Waals surface area (Å²) in [5.41, 5.74) is 0.413. The summed E-state index contributed by atoms with van der Waals surface area (Å²) >= 11 is 2.14. The van der Waals surface area contributed by atoms with Gasteiger partial charge in [-0.05, 0) is 71.1 Å². The van der Waals surface area contributed by atoms with Gasteiger partial charge in [-0.2, -0.15) is 0 Å². The number of ether oxygens (including phenoxy) is 2. The maximum atomic E-state index is 13.3. The van der Waals surface area contributed by atoms with Crippen molar-refractivity contribution in [2.75, 3.05) is 24.0 Å². The van der Waals surface area contributed by atoms with Crippen LogP contribution < -0.4 is 19.1 Å². The molecule has 32 heavy (non-hydrogen) atoms. The average Bonchev–Trinajstić information content (AvgIpc) is 2.82. The monoisotopic (exact) mass is 564 g/mol. The van der Waals surface area contributed by atoms with Crippen LogP contribution in [0.3, 0.4) is 0 Å². The molecule has 0 saturated heterocycles. The normalized spacial score (nSPS) is 15.1. The van der Waals surface area contributed by atoms with Gasteiger partial charge in [0.15, 0.2) is 11.5 Å². The van der Waals surface area contributed by atoms with E-state index in [-0.39, 0.29) is 24.1 Å². The van der Waals surface area contributed by atoms with Crippen molar-refractivity contribution in [3.63, 3.8) is 0 Å². The van der Waals surface area contributed by atoms with Gasteiger partial charge in [0.1, 0.15) is 19.3 Å². The first-order chi connectivity index (χ1) is 15.4. The van der Waals surface area contributed by atoms with Crippen molar-refractivity contribution in [3.8, 4) is 11.5 Å². The third kappa shape index (κ3) is 5.16. The molecule has 1 aliphatic heterocycles. The number of anilines is 1. The molecule has 1 atom stereocenters. The van der Waals surface area contributed by atoms with Crippen LogP contribution in [0, 0.1) is 3.57 Å². The summed E-state index contributed by atoms with van der Waals surface area (Å²) in [5.74, 6) is 0.838. The molecule has 3 aromatic rings. The third-order valence-corrected chi connectivity index (χ3v) is 7.33. The maximum Gasteiger partial charge on any atom is 0.264 e. The molecule has 1 aliphatic rings. The molecule has 0 bridgehead atoms. The lowest BCUT2D eigenvalue weighted by Gasteiger charge is -2.27. The van der Waals surface area contributed by atoms with E-state index in [4.69, 9.17) is 9.47 Å². The minimum Gasteiger partial charge on any atom is -0.486 e. The molecular weight excluding hydrogens is 543 g/mol. The molecule has 0 spiro atoms. The van der Waals surface area contributed by atoms with E-state index < -0.39 is 15.9 Å². The molecule has 0 radical (unpaired) electrons. The quantitative estimate of drug-likeness (QED) is 0.445. The second-order valence-corrected chi connectivity index (χ2v) is 10.2. The van der Waals surface area contributed by atoms with Gasteiger partial charge in [0.25, 0.3) is 10.0 Å². The van der Waals surface area contributed by atoms with E-state index in [1.54, 1.807) is 48.5 Å². The number of amides is 1. The van der Waals surface area contributed by atoms with Crippen LogP contribution in [0.25, 0.3) is 0 Å². The first-order valence-electron chi connectivity index (χ1n) is 9.92. The highest BCUT2D eigenvalue weighted by atomic mass is 127. The summed E-state index contributed by atoms with van der Waals surface area (Å²) in [4.78, 5) is 12.9. The van der Waals surface area contributed by atoms with Gasteiger partial charge in [0, 0.05) is 3.57 Å². The van der Waals surface area contributed by atoms with Gasteiger partial charge < -0.3 is 14.8 Å². The summed E-state index contributed by atoms with van der Waals surface area (Å²) in [6.07, 6.45) is -0.369. The number of sulfonamides is 1. The first kappa shape index (κ1) is 22.4. The fraction of sp³-hybridized carbons (Fsp3) is 0.174. The SMILES string of the molecule is O=C(CN(c1ccc(I)cc1)S(=O)(=O)c1ccccc1)NC[C@@H]1COc2ccccc2O1. The molecule has 1 heterocycles. The number of hydrogen-bond donors (Lipinski definition) is 1. The highest BCUT2D eigenvalue weighted by molar-refractivity contribution is 14.1. The Balaban J connectivity index is 1.47. The summed E-state index contributed by atoms with van der Waals surface area (Å²) in [5, 5.41) is 2.77. The van der Waals surface area contributed by atoms with Gasteiger partial charge in [-0.15, -0.1) is 0 Å². The van der Waals surface area contributed by atoms with Crippen LogP contribution in [0.15, 0.2) is 83.8 Å². The Kier molecular flexibility index (Phi) is 6.85. The van der Waals surface area contributed by atoms with E-state index in [0.717, 1.165) is 7.88 Å². The van der Waals surface area contributed by atoms with Crippen LogP contribution in [0.2, 0.25) is 0 Å². The number of carbonyl (C=O) groups is 1. The van der Waals surface area contributed by atoms with E-state index in [2.05, 4.69) is 27.9 Å². The van der Waals surface area contributed by atoms with Crippen LogP contribution in [0.4, 0.5) is 5.69 Å². The van der Waals surface area contributed by atoms with Gasteiger partial charge in [-0.1, -0.05) is 30.3 Å². The Morgan fingerprint density at radius 3 is 2.34 bits per heavy atom. The van der Waals surface area contributed by atoms with Crippen molar-refractivity contribution in [1.82, 2.24) is 5.32 Å². The standard InChI is InChI=1S/C23H21IN2O5S/c24-17-10-12-18(13-11-17)26(32(28,29)20-6-2-1-3-7-20)15-23(27)25-14-19-16-30-21-8-4-5-9-22(21)31-19/h1-13,19H,14-16H2,(H,25,27)/t19-/m1/s1. The number of carbonyl (C=O) groups excluding carboxylic acids is 1. The lowest BCUT2D eigenvalue weighted by atomic mass is 10.2. The van der Waals surface area contributed by atoms with Crippen molar-refractivity contribution >= 4 is 44.2 Å². The highest BCUT2D eigenvalue weighted by Crippen LogP contribution is 2.30. The zero-order chi connectivity index (χ0) is 22.6. The lowest BCUT2D eigenvalue weighted by molar-refractivity contribution is -0.120. The predicted octanol–water partition coefficient (Wildman–Crippen LogP) is 3.44. The Hall–Kier alpha value is -2.79. The third-order valence-electron chi connectivity index (χ3n) is 4.83. The van der Waals surface area contributed by atoms with E-state index in [1.807, 2.05) is 18.2 Å². The van der Waals surface area contributed by atoms with E-state index in [9.17, 15) is 13.2 Å². The Bertz CT molecular complexity index is 1190. The maximum absolute atomic E-state index is 13.3. The zero-order valence-electron chi connectivity index (χ0n) is 17.0. The number of nitrogens with one attached hydrogen (secondary N) is 1. The first-order valence-corrected chi connectivity index (χ1v) is 12.4. The van der Waals surface area contributed by atoms with Crippen LogP contribution in [0.1, 0.15) is 0 Å². The summed E-state index contributed by atoms with van der Waals surface area (Å²) in [6.45, 7) is 0.126. The smallest absolute Gasteiger partial charge is 0.264 e. The van der Waals surface area contributed by atoms with Crippen LogP contribution >= 0.6 is 22.6 Å². The minimum absolute atomic E-state index is 0.118. The van der Waals surface area contributed by atoms with Crippen molar-refractivity contribution in [3.05, 3.63) is 82.4 Å². The van der Waals surface area contributed by atoms with Gasteiger partial charge in [-0.3, -0.25) is 9.10 Å². The number of hydrogen-bond acceptors (Lipinski definition) is 5. The number of rotatable bonds is 7. The van der Waals surface area contributed by atoms with Crippen molar-refractivity contribution < 1.29 is 22.7 Å². The molecule has 0 aromatic heterocycles. The van der Waals surface area contributed by atoms with Gasteiger partial charge >= 0.3 is 0 Å². The second-order valence-electron chi connectivity index (χ2n) is 7.10. The van der Waals surface area contributed by atoms with E-state index in [0.29, 0.717) is 23.8 Å². The summed E-state index contributed by atoms with van der Waals surface area (Å²) in [7, 11) is -3.93. The topological polar surface area (TPSA) is 84.9 Å². The molecule has 0 aliphatic carbocycles. The average molecular weight is 564 g/mol. The van der Waals surface area contributed by atoms with Crippen LogP contribution in [-0.4, -0.2) is 40.1 Å². The molecule has 1 N–H and O–H groups in total. The Labute approximate surface area is 200 Å². The fourth-order valence-corrected chi connectivity index (χ4v) is 5.02. The molecule has 7 nitrogen and oxygen atoms in total. The summed E-state index contributed by atoms with van der Waals surface area (Å²) < 4.78 is 40.2. The molecule has 1 amide bonds. The number of halogens is 1. The number of para-hydroxylation sites is 2. The Morgan fingerprint density at radius 1 is 0.969 bits per heavy atom. The molecule has 4 rings (SSSR count). The van der Waals surface area contributed by atoms with Crippen molar-refractivity contribution in [2.24, 2.45) is 0 Å². The van der Waals surface area contributed by atoms with Gasteiger partial charge in [0.05, 0.1) is 17.1 Å². The predicted molar refractivity (Wildman–Crippen MR) is 129 cm³/mol. The molecule has 3 aromatic carbocycles. The van der Waals surface area contributed by atoms with E-state index >= 15 is 0 Å². The fourth-order valence-electron chi connectivity index (χ4n) is 3.22. The molecule has 0 fully saturated rings. The number of benzene rings is 3. The summed E-state index contributed by atoms with van der Waals surface area (Å²) in [6, 6.07) is 22.3. The van der Waals surface area contributed by atoms with Crippen LogP contribution in [0.5, 0.6) is 11.5 Å². The highest BCUT2D eigenvalue weighted by Gasteiger charge is 2.28. The van der Waals surface area contributed by atoms with Gasteiger partial charge in [0.2, 0.25) is 5.91 Å². The molecule has 0 saturated carbocycles. The molecule has 9 heteroatoms. The Morgan fingerprint density at radius 2 is 1.62 bits per heavy atom. The van der Waals surface area contributed by atoms with Crippen molar-refractivity contribution in [1.29, 1.82) is 0 Å². The molecular formula is C23H21IN2O5S. The lowest BCUT2D eigenvalue weighted by Crippen LogP contribution is -2.45. The van der Waals surface area contributed by atoms with Crippen molar-refractivity contribution in [2.45, 2.75) is 11.0 Å². The number of nitrogens with zero attached hydrogens (tertiary/aromatic N) is 1. The van der Waals surface area contributed by atoms with E-state index in [1.165, 1.54) is 12.1 Å². The second kappa shape index (κ2) is 9.78. The van der Waals surface area contributed by atoms with Crippen LogP contribution in [-0.2, 0) is 14.8 Å².